The number of carbonyl (C=O) groups excluding carboxylic acids is 2. The number of likely N-dealkylation sites (tertiary alicyclic amines) is 1. The van der Waals surface area contributed by atoms with Crippen LogP contribution in [0.25, 0.3) is 0 Å². The maximum Gasteiger partial charge on any atom is 0.242 e. The highest BCUT2D eigenvalue weighted by atomic mass is 32.1. The first-order chi connectivity index (χ1) is 10.3. The minimum Gasteiger partial charge on any atom is -0.384 e. The van der Waals surface area contributed by atoms with Crippen molar-refractivity contribution in [1.82, 2.24) is 10.2 Å². The van der Waals surface area contributed by atoms with Crippen LogP contribution in [0.15, 0.2) is 16.8 Å². The van der Waals surface area contributed by atoms with Crippen LogP contribution in [0, 0.1) is 5.92 Å². The number of hydrogen-bond acceptors (Lipinski definition) is 4. The van der Waals surface area contributed by atoms with Gasteiger partial charge in [0.05, 0.1) is 6.54 Å². The molecule has 122 valence electrons. The van der Waals surface area contributed by atoms with E-state index < -0.39 is 11.6 Å². The molecule has 2 N–H and O–H groups in total. The van der Waals surface area contributed by atoms with Crippen molar-refractivity contribution in [2.75, 3.05) is 13.1 Å². The fraction of sp³-hybridized carbons (Fsp3) is 0.625. The molecule has 1 aromatic rings. The minimum atomic E-state index is -1.10. The largest absolute Gasteiger partial charge is 0.384 e. The number of aliphatic hydroxyl groups is 1. The highest BCUT2D eigenvalue weighted by molar-refractivity contribution is 7.08. The van der Waals surface area contributed by atoms with E-state index in [1.165, 1.54) is 11.3 Å². The van der Waals surface area contributed by atoms with Gasteiger partial charge in [-0.25, -0.2) is 0 Å². The molecule has 0 radical (unpaired) electrons. The number of rotatable bonds is 5. The molecule has 0 bridgehead atoms. The highest BCUT2D eigenvalue weighted by Crippen LogP contribution is 2.23. The van der Waals surface area contributed by atoms with Gasteiger partial charge in [0.15, 0.2) is 0 Å². The van der Waals surface area contributed by atoms with Crippen LogP contribution in [0.2, 0.25) is 0 Å². The molecule has 2 atom stereocenters. The fourth-order valence-electron chi connectivity index (χ4n) is 2.68. The first-order valence-corrected chi connectivity index (χ1v) is 8.60. The average molecular weight is 324 g/mol. The zero-order valence-electron chi connectivity index (χ0n) is 13.3. The summed E-state index contributed by atoms with van der Waals surface area (Å²) in [4.78, 5) is 26.2. The Balaban J connectivity index is 1.96. The molecule has 0 aromatic carbocycles. The summed E-state index contributed by atoms with van der Waals surface area (Å²) >= 11 is 1.51. The molecule has 2 amide bonds. The zero-order valence-corrected chi connectivity index (χ0v) is 14.2. The second-order valence-corrected chi connectivity index (χ2v) is 7.13. The van der Waals surface area contributed by atoms with Crippen LogP contribution in [-0.2, 0) is 15.2 Å². The lowest BCUT2D eigenvalue weighted by molar-refractivity contribution is -0.141. The van der Waals surface area contributed by atoms with Crippen molar-refractivity contribution in [2.24, 2.45) is 5.92 Å². The molecular weight excluding hydrogens is 300 g/mol. The predicted octanol–water partition coefficient (Wildman–Crippen LogP) is 1.72. The van der Waals surface area contributed by atoms with Crippen molar-refractivity contribution in [3.05, 3.63) is 22.4 Å². The smallest absolute Gasteiger partial charge is 0.242 e. The molecule has 2 rings (SSSR count). The summed E-state index contributed by atoms with van der Waals surface area (Å²) in [6, 6.07) is 1.44. The van der Waals surface area contributed by atoms with Gasteiger partial charge in [-0.3, -0.25) is 9.59 Å². The molecule has 1 aliphatic rings. The van der Waals surface area contributed by atoms with E-state index in [4.69, 9.17) is 0 Å². The second kappa shape index (κ2) is 6.79. The molecule has 0 saturated carbocycles. The van der Waals surface area contributed by atoms with E-state index in [-0.39, 0.29) is 24.3 Å². The number of thiophene rings is 1. The zero-order chi connectivity index (χ0) is 16.3. The van der Waals surface area contributed by atoms with Crippen LogP contribution in [-0.4, -0.2) is 41.0 Å². The lowest BCUT2D eigenvalue weighted by Crippen LogP contribution is -2.49. The SMILES string of the molecule is CC(C)C(=O)N1CCCC1C(=O)NCC(C)(O)c1ccsc1. The third-order valence-electron chi connectivity index (χ3n) is 4.08. The van der Waals surface area contributed by atoms with Crippen molar-refractivity contribution in [1.29, 1.82) is 0 Å². The lowest BCUT2D eigenvalue weighted by Gasteiger charge is -2.28. The molecule has 5 nitrogen and oxygen atoms in total. The Bertz CT molecular complexity index is 526. The summed E-state index contributed by atoms with van der Waals surface area (Å²) in [6.45, 7) is 6.15. The highest BCUT2D eigenvalue weighted by Gasteiger charge is 2.35. The monoisotopic (exact) mass is 324 g/mol. The normalized spacial score (nSPS) is 21.0. The summed E-state index contributed by atoms with van der Waals surface area (Å²) in [5, 5.41) is 17.0. The second-order valence-electron chi connectivity index (χ2n) is 6.35. The van der Waals surface area contributed by atoms with Crippen LogP contribution in [0.5, 0.6) is 0 Å². The van der Waals surface area contributed by atoms with Crippen molar-refractivity contribution in [3.63, 3.8) is 0 Å². The summed E-state index contributed by atoms with van der Waals surface area (Å²) in [7, 11) is 0. The van der Waals surface area contributed by atoms with Gasteiger partial charge in [0.1, 0.15) is 11.6 Å². The minimum absolute atomic E-state index is 0.0160. The molecule has 2 unspecified atom stereocenters. The van der Waals surface area contributed by atoms with Gasteiger partial charge < -0.3 is 15.3 Å². The van der Waals surface area contributed by atoms with Gasteiger partial charge in [0.2, 0.25) is 11.8 Å². The predicted molar refractivity (Wildman–Crippen MR) is 86.5 cm³/mol. The Morgan fingerprint density at radius 1 is 1.55 bits per heavy atom. The maximum absolute atomic E-state index is 12.4. The van der Waals surface area contributed by atoms with Crippen molar-refractivity contribution >= 4 is 23.2 Å². The van der Waals surface area contributed by atoms with Crippen LogP contribution in [0.4, 0.5) is 0 Å². The van der Waals surface area contributed by atoms with E-state index in [9.17, 15) is 14.7 Å². The van der Waals surface area contributed by atoms with E-state index in [0.29, 0.717) is 13.0 Å². The van der Waals surface area contributed by atoms with Crippen molar-refractivity contribution in [2.45, 2.75) is 45.3 Å². The van der Waals surface area contributed by atoms with Gasteiger partial charge in [0.25, 0.3) is 0 Å². The lowest BCUT2D eigenvalue weighted by atomic mass is 9.99. The Labute approximate surface area is 135 Å². The summed E-state index contributed by atoms with van der Waals surface area (Å²) < 4.78 is 0. The van der Waals surface area contributed by atoms with Crippen molar-refractivity contribution in [3.8, 4) is 0 Å². The molecule has 6 heteroatoms. The third kappa shape index (κ3) is 3.67. The van der Waals surface area contributed by atoms with E-state index >= 15 is 0 Å². The molecule has 1 aromatic heterocycles. The Kier molecular flexibility index (Phi) is 5.24. The molecule has 0 spiro atoms. The quantitative estimate of drug-likeness (QED) is 0.866. The Morgan fingerprint density at radius 2 is 2.27 bits per heavy atom. The summed E-state index contributed by atoms with van der Waals surface area (Å²) in [5.74, 6) is -0.272. The third-order valence-corrected chi connectivity index (χ3v) is 4.77. The first kappa shape index (κ1) is 17.0. The number of carbonyl (C=O) groups is 2. The first-order valence-electron chi connectivity index (χ1n) is 7.66. The fourth-order valence-corrected chi connectivity index (χ4v) is 3.47. The molecule has 1 aliphatic heterocycles. The number of nitrogens with one attached hydrogen (secondary N) is 1. The van der Waals surface area contributed by atoms with Gasteiger partial charge in [-0.2, -0.15) is 11.3 Å². The van der Waals surface area contributed by atoms with Gasteiger partial charge in [0, 0.05) is 12.5 Å². The van der Waals surface area contributed by atoms with Crippen LogP contribution >= 0.6 is 11.3 Å². The van der Waals surface area contributed by atoms with Crippen LogP contribution in [0.1, 0.15) is 39.2 Å². The summed E-state index contributed by atoms with van der Waals surface area (Å²) in [5.41, 5.74) is -0.305. The Morgan fingerprint density at radius 3 is 2.86 bits per heavy atom. The Hall–Kier alpha value is -1.40. The topological polar surface area (TPSA) is 69.6 Å². The van der Waals surface area contributed by atoms with Crippen LogP contribution < -0.4 is 5.32 Å². The number of amides is 2. The molecule has 0 aliphatic carbocycles. The molecule has 1 saturated heterocycles. The van der Waals surface area contributed by atoms with Gasteiger partial charge in [-0.1, -0.05) is 13.8 Å². The van der Waals surface area contributed by atoms with E-state index in [1.54, 1.807) is 11.8 Å². The van der Waals surface area contributed by atoms with Crippen LogP contribution in [0.3, 0.4) is 0 Å². The standard InChI is InChI=1S/C16H24N2O3S/c1-11(2)15(20)18-7-4-5-13(18)14(19)17-10-16(3,21)12-6-8-22-9-12/h6,8-9,11,13,21H,4-5,7,10H2,1-3H3,(H,17,19). The molecular formula is C16H24N2O3S. The van der Waals surface area contributed by atoms with Gasteiger partial charge in [-0.15, -0.1) is 0 Å². The van der Waals surface area contributed by atoms with E-state index in [2.05, 4.69) is 5.32 Å². The molecule has 2 heterocycles. The van der Waals surface area contributed by atoms with Gasteiger partial charge >= 0.3 is 0 Å². The molecule has 22 heavy (non-hydrogen) atoms. The van der Waals surface area contributed by atoms with Crippen molar-refractivity contribution < 1.29 is 14.7 Å². The molecule has 1 fully saturated rings. The van der Waals surface area contributed by atoms with Gasteiger partial charge in [-0.05, 0) is 42.2 Å². The number of nitrogens with zero attached hydrogens (tertiary/aromatic N) is 1. The average Bonchev–Trinajstić information content (AvgIpc) is 3.14. The summed E-state index contributed by atoms with van der Waals surface area (Å²) in [6.07, 6.45) is 1.53. The van der Waals surface area contributed by atoms with E-state index in [1.807, 2.05) is 30.7 Å². The maximum atomic E-state index is 12.4. The number of hydrogen-bond donors (Lipinski definition) is 2. The van der Waals surface area contributed by atoms with E-state index in [0.717, 1.165) is 12.0 Å².